The molecule has 2 nitrogen and oxygen atoms in total. The molecule has 3 aliphatic rings. The van der Waals surface area contributed by atoms with Crippen LogP contribution in [0.2, 0.25) is 0 Å². The van der Waals surface area contributed by atoms with Crippen LogP contribution in [0.1, 0.15) is 77.3 Å². The van der Waals surface area contributed by atoms with E-state index in [2.05, 4.69) is 52.8 Å². The average molecular weight is 326 g/mol. The van der Waals surface area contributed by atoms with Crippen LogP contribution >= 0.6 is 0 Å². The molecule has 1 aliphatic heterocycles. The Labute approximate surface area is 147 Å². The van der Waals surface area contributed by atoms with Crippen molar-refractivity contribution in [1.82, 2.24) is 0 Å². The number of hydrogen-bond donors (Lipinski definition) is 0. The SMILES string of the molecule is CCC1CC2Cc3ccc(B4OC(C)(C)C(C)(C)O4)cc3C(C1)C2. The molecule has 130 valence electrons. The molecule has 0 N–H and O–H groups in total. The highest BCUT2D eigenvalue weighted by atomic mass is 16.7. The van der Waals surface area contributed by atoms with Crippen molar-refractivity contribution in [2.24, 2.45) is 11.8 Å². The molecule has 1 aromatic carbocycles. The third kappa shape index (κ3) is 2.65. The second kappa shape index (κ2) is 5.61. The highest BCUT2D eigenvalue weighted by Crippen LogP contribution is 2.47. The van der Waals surface area contributed by atoms with Crippen LogP contribution in [0.5, 0.6) is 0 Å². The van der Waals surface area contributed by atoms with Crippen LogP contribution in [-0.2, 0) is 15.7 Å². The van der Waals surface area contributed by atoms with Gasteiger partial charge in [-0.2, -0.15) is 0 Å². The lowest BCUT2D eigenvalue weighted by atomic mass is 9.64. The van der Waals surface area contributed by atoms with Crippen LogP contribution in [0.4, 0.5) is 0 Å². The van der Waals surface area contributed by atoms with E-state index in [1.165, 1.54) is 37.6 Å². The largest absolute Gasteiger partial charge is 0.494 e. The molecule has 2 bridgehead atoms. The maximum atomic E-state index is 6.27. The van der Waals surface area contributed by atoms with Crippen molar-refractivity contribution < 1.29 is 9.31 Å². The summed E-state index contributed by atoms with van der Waals surface area (Å²) in [5.74, 6) is 2.58. The number of benzene rings is 1. The van der Waals surface area contributed by atoms with Crippen molar-refractivity contribution in [1.29, 1.82) is 0 Å². The topological polar surface area (TPSA) is 18.5 Å². The smallest absolute Gasteiger partial charge is 0.399 e. The van der Waals surface area contributed by atoms with Gasteiger partial charge in [-0.1, -0.05) is 31.5 Å². The van der Waals surface area contributed by atoms with Gasteiger partial charge in [0.2, 0.25) is 0 Å². The average Bonchev–Trinajstić information content (AvgIpc) is 2.75. The molecular formula is C21H31BO2. The summed E-state index contributed by atoms with van der Waals surface area (Å²) in [6, 6.07) is 6.98. The Morgan fingerprint density at radius 1 is 1.04 bits per heavy atom. The summed E-state index contributed by atoms with van der Waals surface area (Å²) < 4.78 is 12.5. The molecule has 24 heavy (non-hydrogen) atoms. The van der Waals surface area contributed by atoms with Crippen LogP contribution < -0.4 is 5.46 Å². The van der Waals surface area contributed by atoms with Gasteiger partial charge in [-0.3, -0.25) is 0 Å². The van der Waals surface area contributed by atoms with Gasteiger partial charge in [0.25, 0.3) is 0 Å². The fourth-order valence-corrected chi connectivity index (χ4v) is 4.93. The van der Waals surface area contributed by atoms with Crippen molar-refractivity contribution in [3.63, 3.8) is 0 Å². The van der Waals surface area contributed by atoms with Crippen LogP contribution in [-0.4, -0.2) is 18.3 Å². The molecular weight excluding hydrogens is 295 g/mol. The van der Waals surface area contributed by atoms with Gasteiger partial charge in [-0.15, -0.1) is 0 Å². The van der Waals surface area contributed by atoms with E-state index < -0.39 is 0 Å². The van der Waals surface area contributed by atoms with Gasteiger partial charge in [0.05, 0.1) is 11.2 Å². The standard InChI is InChI=1S/C21H31BO2/c1-6-14-9-15-11-16-7-8-18(13-19(16)17(10-14)12-15)22-23-20(2,3)21(4,5)24-22/h7-8,13-15,17H,6,9-12H2,1-5H3. The molecule has 0 amide bonds. The van der Waals surface area contributed by atoms with Crippen molar-refractivity contribution in [2.75, 3.05) is 0 Å². The van der Waals surface area contributed by atoms with Gasteiger partial charge in [0, 0.05) is 0 Å². The molecule has 1 heterocycles. The second-order valence-corrected chi connectivity index (χ2v) is 9.29. The maximum Gasteiger partial charge on any atom is 0.494 e. The summed E-state index contributed by atoms with van der Waals surface area (Å²) in [5.41, 5.74) is 3.82. The molecule has 1 aromatic rings. The van der Waals surface area contributed by atoms with E-state index in [-0.39, 0.29) is 18.3 Å². The normalized spacial score (nSPS) is 33.4. The Morgan fingerprint density at radius 2 is 1.75 bits per heavy atom. The van der Waals surface area contributed by atoms with E-state index in [0.29, 0.717) is 0 Å². The third-order valence-corrected chi connectivity index (χ3v) is 7.12. The molecule has 0 spiro atoms. The quantitative estimate of drug-likeness (QED) is 0.748. The summed E-state index contributed by atoms with van der Waals surface area (Å²) in [4.78, 5) is 0. The Hall–Kier alpha value is -0.795. The minimum atomic E-state index is -0.267. The minimum absolute atomic E-state index is 0.233. The summed E-state index contributed by atoms with van der Waals surface area (Å²) in [6.45, 7) is 10.9. The first-order chi connectivity index (χ1) is 11.3. The van der Waals surface area contributed by atoms with E-state index in [9.17, 15) is 0 Å². The zero-order chi connectivity index (χ0) is 17.1. The molecule has 4 rings (SSSR count). The molecule has 2 aliphatic carbocycles. The van der Waals surface area contributed by atoms with Crippen LogP contribution in [0, 0.1) is 11.8 Å². The van der Waals surface area contributed by atoms with Gasteiger partial charge < -0.3 is 9.31 Å². The van der Waals surface area contributed by atoms with Crippen LogP contribution in [0.25, 0.3) is 0 Å². The minimum Gasteiger partial charge on any atom is -0.399 e. The molecule has 3 atom stereocenters. The van der Waals surface area contributed by atoms with Gasteiger partial charge in [0.15, 0.2) is 0 Å². The van der Waals surface area contributed by atoms with Crippen molar-refractivity contribution in [3.05, 3.63) is 29.3 Å². The van der Waals surface area contributed by atoms with E-state index in [0.717, 1.165) is 17.8 Å². The number of hydrogen-bond acceptors (Lipinski definition) is 2. The highest BCUT2D eigenvalue weighted by Gasteiger charge is 2.52. The second-order valence-electron chi connectivity index (χ2n) is 9.29. The van der Waals surface area contributed by atoms with E-state index >= 15 is 0 Å². The zero-order valence-electron chi connectivity index (χ0n) is 15.9. The maximum absolute atomic E-state index is 6.27. The van der Waals surface area contributed by atoms with E-state index in [4.69, 9.17) is 9.31 Å². The lowest BCUT2D eigenvalue weighted by molar-refractivity contribution is 0.00578. The monoisotopic (exact) mass is 326 g/mol. The first-order valence-electron chi connectivity index (χ1n) is 9.77. The summed E-state index contributed by atoms with van der Waals surface area (Å²) in [6.07, 6.45) is 6.79. The van der Waals surface area contributed by atoms with Gasteiger partial charge >= 0.3 is 7.12 Å². The summed E-state index contributed by atoms with van der Waals surface area (Å²) in [5, 5.41) is 0. The third-order valence-electron chi connectivity index (χ3n) is 7.12. The van der Waals surface area contributed by atoms with Crippen LogP contribution in [0.3, 0.4) is 0 Å². The van der Waals surface area contributed by atoms with Gasteiger partial charge in [0.1, 0.15) is 0 Å². The molecule has 0 radical (unpaired) electrons. The van der Waals surface area contributed by atoms with E-state index in [1.54, 1.807) is 11.1 Å². The molecule has 3 heteroatoms. The van der Waals surface area contributed by atoms with Crippen molar-refractivity contribution >= 4 is 12.6 Å². The lowest BCUT2D eigenvalue weighted by Gasteiger charge is -2.40. The molecule has 1 saturated heterocycles. The first kappa shape index (κ1) is 16.7. The van der Waals surface area contributed by atoms with Gasteiger partial charge in [-0.25, -0.2) is 0 Å². The Balaban J connectivity index is 1.63. The fourth-order valence-electron chi connectivity index (χ4n) is 4.93. The Morgan fingerprint density at radius 3 is 2.42 bits per heavy atom. The fraction of sp³-hybridized carbons (Fsp3) is 0.714. The summed E-state index contributed by atoms with van der Waals surface area (Å²) >= 11 is 0. The Kier molecular flexibility index (Phi) is 3.89. The van der Waals surface area contributed by atoms with Crippen molar-refractivity contribution in [2.45, 2.75) is 83.8 Å². The highest BCUT2D eigenvalue weighted by molar-refractivity contribution is 6.62. The van der Waals surface area contributed by atoms with Crippen LogP contribution in [0.15, 0.2) is 18.2 Å². The summed E-state index contributed by atoms with van der Waals surface area (Å²) in [7, 11) is -0.233. The predicted octanol–water partition coefficient (Wildman–Crippen LogP) is 4.45. The molecule has 0 aromatic heterocycles. The molecule has 1 saturated carbocycles. The Bertz CT molecular complexity index is 621. The number of fused-ring (bicyclic) bond motifs is 4. The van der Waals surface area contributed by atoms with Crippen molar-refractivity contribution in [3.8, 4) is 0 Å². The zero-order valence-corrected chi connectivity index (χ0v) is 15.9. The lowest BCUT2D eigenvalue weighted by Crippen LogP contribution is -2.41. The van der Waals surface area contributed by atoms with E-state index in [1.807, 2.05) is 0 Å². The first-order valence-corrected chi connectivity index (χ1v) is 9.77. The van der Waals surface area contributed by atoms with Gasteiger partial charge in [-0.05, 0) is 87.7 Å². The molecule has 3 unspecified atom stereocenters. The number of rotatable bonds is 2. The predicted molar refractivity (Wildman–Crippen MR) is 99.7 cm³/mol. The molecule has 2 fully saturated rings.